The minimum absolute atomic E-state index is 0.377. The normalized spacial score (nSPS) is 20.6. The molecule has 0 aliphatic carbocycles. The molecular formula is C17H28N2O. The van der Waals surface area contributed by atoms with E-state index in [0.717, 1.165) is 19.7 Å². The van der Waals surface area contributed by atoms with Crippen molar-refractivity contribution in [1.82, 2.24) is 10.2 Å². The van der Waals surface area contributed by atoms with Gasteiger partial charge >= 0.3 is 0 Å². The molecule has 1 saturated heterocycles. The summed E-state index contributed by atoms with van der Waals surface area (Å²) in [6.07, 6.45) is 2.85. The number of likely N-dealkylation sites (N-methyl/N-ethyl adjacent to an activating group) is 2. The fraction of sp³-hybridized carbons (Fsp3) is 0.647. The minimum atomic E-state index is 0.377. The van der Waals surface area contributed by atoms with Crippen molar-refractivity contribution in [3.63, 3.8) is 0 Å². The Morgan fingerprint density at radius 2 is 2.20 bits per heavy atom. The van der Waals surface area contributed by atoms with E-state index in [2.05, 4.69) is 49.3 Å². The van der Waals surface area contributed by atoms with E-state index < -0.39 is 0 Å². The molecule has 1 N–H and O–H groups in total. The maximum Gasteiger partial charge on any atom is 0.0702 e. The second-order valence-corrected chi connectivity index (χ2v) is 6.06. The summed E-state index contributed by atoms with van der Waals surface area (Å²) in [6.45, 7) is 7.33. The molecule has 2 atom stereocenters. The summed E-state index contributed by atoms with van der Waals surface area (Å²) in [4.78, 5) is 2.39. The zero-order chi connectivity index (χ0) is 14.5. The Hall–Kier alpha value is -0.900. The predicted molar refractivity (Wildman–Crippen MR) is 84.2 cm³/mol. The van der Waals surface area contributed by atoms with E-state index in [1.165, 1.54) is 29.5 Å². The number of aryl methyl sites for hydroxylation is 2. The minimum Gasteiger partial charge on any atom is -0.377 e. The zero-order valence-electron chi connectivity index (χ0n) is 13.3. The summed E-state index contributed by atoms with van der Waals surface area (Å²) < 4.78 is 5.72. The van der Waals surface area contributed by atoms with Crippen molar-refractivity contribution in [1.29, 1.82) is 0 Å². The van der Waals surface area contributed by atoms with Crippen LogP contribution in [0, 0.1) is 13.8 Å². The second kappa shape index (κ2) is 7.21. The highest BCUT2D eigenvalue weighted by molar-refractivity contribution is 5.33. The van der Waals surface area contributed by atoms with Crippen molar-refractivity contribution in [2.24, 2.45) is 0 Å². The molecule has 0 spiro atoms. The first-order valence-corrected chi connectivity index (χ1v) is 7.64. The Kier molecular flexibility index (Phi) is 5.58. The number of nitrogens with one attached hydrogen (secondary N) is 1. The Balaban J connectivity index is 1.96. The van der Waals surface area contributed by atoms with Crippen LogP contribution in [0.5, 0.6) is 0 Å². The molecule has 20 heavy (non-hydrogen) atoms. The number of benzene rings is 1. The summed E-state index contributed by atoms with van der Waals surface area (Å²) in [7, 11) is 4.24. The van der Waals surface area contributed by atoms with Crippen LogP contribution in [0.25, 0.3) is 0 Å². The summed E-state index contributed by atoms with van der Waals surface area (Å²) in [6, 6.07) is 7.10. The average molecular weight is 276 g/mol. The van der Waals surface area contributed by atoms with Crippen LogP contribution in [-0.2, 0) is 4.74 Å². The SMILES string of the molecule is CNC(CN(C)CC1CCCO1)c1ccc(C)cc1C. The molecule has 0 saturated carbocycles. The van der Waals surface area contributed by atoms with Gasteiger partial charge in [0.2, 0.25) is 0 Å². The number of nitrogens with zero attached hydrogens (tertiary/aromatic N) is 1. The predicted octanol–water partition coefficient (Wildman–Crippen LogP) is 2.67. The molecule has 1 aromatic rings. The summed E-state index contributed by atoms with van der Waals surface area (Å²) >= 11 is 0. The van der Waals surface area contributed by atoms with Gasteiger partial charge in [-0.2, -0.15) is 0 Å². The van der Waals surface area contributed by atoms with Crippen LogP contribution in [0.1, 0.15) is 35.6 Å². The first-order valence-electron chi connectivity index (χ1n) is 7.64. The first kappa shape index (κ1) is 15.5. The Morgan fingerprint density at radius 1 is 1.40 bits per heavy atom. The third-order valence-electron chi connectivity index (χ3n) is 4.18. The molecule has 3 heteroatoms. The van der Waals surface area contributed by atoms with Crippen LogP contribution in [0.4, 0.5) is 0 Å². The molecule has 2 unspecified atom stereocenters. The molecule has 112 valence electrons. The molecule has 1 aliphatic heterocycles. The zero-order valence-corrected chi connectivity index (χ0v) is 13.3. The lowest BCUT2D eigenvalue weighted by Gasteiger charge is -2.27. The van der Waals surface area contributed by atoms with Crippen molar-refractivity contribution in [2.75, 3.05) is 33.8 Å². The number of ether oxygens (including phenoxy) is 1. The summed E-state index contributed by atoms with van der Waals surface area (Å²) in [5, 5.41) is 3.45. The van der Waals surface area contributed by atoms with E-state index >= 15 is 0 Å². The molecule has 1 aliphatic rings. The van der Waals surface area contributed by atoms with Gasteiger partial charge in [-0.15, -0.1) is 0 Å². The van der Waals surface area contributed by atoms with Gasteiger partial charge in [-0.25, -0.2) is 0 Å². The van der Waals surface area contributed by atoms with Crippen LogP contribution >= 0.6 is 0 Å². The molecular weight excluding hydrogens is 248 g/mol. The van der Waals surface area contributed by atoms with Gasteiger partial charge in [0.1, 0.15) is 0 Å². The molecule has 1 heterocycles. The van der Waals surface area contributed by atoms with Crippen molar-refractivity contribution in [3.8, 4) is 0 Å². The van der Waals surface area contributed by atoms with Gasteiger partial charge in [0.05, 0.1) is 6.10 Å². The molecule has 0 radical (unpaired) electrons. The van der Waals surface area contributed by atoms with Gasteiger partial charge in [-0.3, -0.25) is 0 Å². The fourth-order valence-electron chi connectivity index (χ4n) is 3.08. The molecule has 0 bridgehead atoms. The van der Waals surface area contributed by atoms with Gasteiger partial charge in [0, 0.05) is 25.7 Å². The van der Waals surface area contributed by atoms with E-state index in [1.54, 1.807) is 0 Å². The highest BCUT2D eigenvalue weighted by Gasteiger charge is 2.20. The largest absolute Gasteiger partial charge is 0.377 e. The number of rotatable bonds is 6. The molecule has 3 nitrogen and oxygen atoms in total. The van der Waals surface area contributed by atoms with Gasteiger partial charge in [0.15, 0.2) is 0 Å². The summed E-state index contributed by atoms with van der Waals surface area (Å²) in [5.74, 6) is 0. The van der Waals surface area contributed by atoms with E-state index in [4.69, 9.17) is 4.74 Å². The van der Waals surface area contributed by atoms with Gasteiger partial charge in [-0.05, 0) is 51.9 Å². The van der Waals surface area contributed by atoms with Crippen molar-refractivity contribution < 1.29 is 4.74 Å². The average Bonchev–Trinajstić information content (AvgIpc) is 2.89. The van der Waals surface area contributed by atoms with Crippen molar-refractivity contribution in [3.05, 3.63) is 34.9 Å². The first-order chi connectivity index (χ1) is 9.60. The van der Waals surface area contributed by atoms with Gasteiger partial charge in [0.25, 0.3) is 0 Å². The summed E-state index contributed by atoms with van der Waals surface area (Å²) in [5.41, 5.74) is 4.10. The topological polar surface area (TPSA) is 24.5 Å². The maximum absolute atomic E-state index is 5.72. The monoisotopic (exact) mass is 276 g/mol. The molecule has 2 rings (SSSR count). The fourth-order valence-corrected chi connectivity index (χ4v) is 3.08. The quantitative estimate of drug-likeness (QED) is 0.864. The third-order valence-corrected chi connectivity index (χ3v) is 4.18. The highest BCUT2D eigenvalue weighted by atomic mass is 16.5. The standard InChI is InChI=1S/C17H28N2O/c1-13-7-8-16(14(2)10-13)17(18-3)12-19(4)11-15-6-5-9-20-15/h7-8,10,15,17-18H,5-6,9,11-12H2,1-4H3. The third kappa shape index (κ3) is 4.05. The van der Waals surface area contributed by atoms with Crippen LogP contribution in [0.2, 0.25) is 0 Å². The van der Waals surface area contributed by atoms with Crippen LogP contribution in [0.15, 0.2) is 18.2 Å². The van der Waals surface area contributed by atoms with E-state index in [1.807, 2.05) is 7.05 Å². The lowest BCUT2D eigenvalue weighted by molar-refractivity contribution is 0.0786. The second-order valence-electron chi connectivity index (χ2n) is 6.06. The van der Waals surface area contributed by atoms with Gasteiger partial charge < -0.3 is 15.0 Å². The van der Waals surface area contributed by atoms with E-state index in [-0.39, 0.29) is 0 Å². The highest BCUT2D eigenvalue weighted by Crippen LogP contribution is 2.20. The van der Waals surface area contributed by atoms with Gasteiger partial charge in [-0.1, -0.05) is 23.8 Å². The number of hydrogen-bond acceptors (Lipinski definition) is 3. The Morgan fingerprint density at radius 3 is 2.80 bits per heavy atom. The maximum atomic E-state index is 5.72. The van der Waals surface area contributed by atoms with Crippen LogP contribution in [-0.4, -0.2) is 44.8 Å². The van der Waals surface area contributed by atoms with E-state index in [0.29, 0.717) is 12.1 Å². The van der Waals surface area contributed by atoms with E-state index in [9.17, 15) is 0 Å². The van der Waals surface area contributed by atoms with Crippen molar-refractivity contribution in [2.45, 2.75) is 38.8 Å². The molecule has 1 aromatic carbocycles. The van der Waals surface area contributed by atoms with Crippen LogP contribution < -0.4 is 5.32 Å². The van der Waals surface area contributed by atoms with Crippen LogP contribution in [0.3, 0.4) is 0 Å². The van der Waals surface area contributed by atoms with Crippen molar-refractivity contribution >= 4 is 0 Å². The number of hydrogen-bond donors (Lipinski definition) is 1. The Bertz CT molecular complexity index is 427. The molecule has 0 aromatic heterocycles. The molecule has 1 fully saturated rings. The Labute approximate surface area is 123 Å². The lowest BCUT2D eigenvalue weighted by Crippen LogP contribution is -2.36. The molecule has 0 amide bonds. The lowest BCUT2D eigenvalue weighted by atomic mass is 9.99. The smallest absolute Gasteiger partial charge is 0.0702 e.